The van der Waals surface area contributed by atoms with Gasteiger partial charge in [-0.25, -0.2) is 0 Å². The molecule has 0 saturated carbocycles. The molecule has 0 spiro atoms. The largest absolute Gasteiger partial charge is 0.481 e. The molecule has 5 nitrogen and oxygen atoms in total. The summed E-state index contributed by atoms with van der Waals surface area (Å²) in [5, 5.41) is 10.8. The summed E-state index contributed by atoms with van der Waals surface area (Å²) in [6.45, 7) is 1.24. The van der Waals surface area contributed by atoms with Crippen LogP contribution in [0.25, 0.3) is 10.8 Å². The van der Waals surface area contributed by atoms with Gasteiger partial charge >= 0.3 is 5.97 Å². The fourth-order valence-electron chi connectivity index (χ4n) is 1.93. The molecule has 0 fully saturated rings. The number of carboxylic acid groups (broad SMARTS) is 1. The molecule has 0 radical (unpaired) electrons. The van der Waals surface area contributed by atoms with E-state index >= 15 is 0 Å². The van der Waals surface area contributed by atoms with E-state index in [1.807, 2.05) is 36.4 Å². The number of nitrogens with two attached hydrogens (primary N) is 1. The molecule has 0 aliphatic carbocycles. The van der Waals surface area contributed by atoms with Crippen LogP contribution in [0.3, 0.4) is 0 Å². The quantitative estimate of drug-likeness (QED) is 0.633. The van der Waals surface area contributed by atoms with Crippen LogP contribution in [0, 0.1) is 0 Å². The van der Waals surface area contributed by atoms with E-state index in [2.05, 4.69) is 0 Å². The Balaban J connectivity index is 2.34. The van der Waals surface area contributed by atoms with Gasteiger partial charge in [0.1, 0.15) is 12.6 Å². The van der Waals surface area contributed by atoms with Crippen LogP contribution in [0.4, 0.5) is 0 Å². The van der Waals surface area contributed by atoms with Crippen molar-refractivity contribution in [2.45, 2.75) is 17.9 Å². The molecule has 1 atom stereocenters. The molecule has 0 aromatic heterocycles. The van der Waals surface area contributed by atoms with Crippen molar-refractivity contribution in [2.24, 2.45) is 5.73 Å². The molecule has 0 aliphatic heterocycles. The zero-order valence-electron chi connectivity index (χ0n) is 12.3. The minimum absolute atomic E-state index is 0.0773. The van der Waals surface area contributed by atoms with Crippen molar-refractivity contribution in [1.82, 2.24) is 0 Å². The third kappa shape index (κ3) is 4.51. The van der Waals surface area contributed by atoms with Gasteiger partial charge in [-0.05, 0) is 35.1 Å². The SMILES string of the molecule is CC(=O)Sc1cc2ccccc2cc1C(=S)OC[C@H](N)C(=O)O. The van der Waals surface area contributed by atoms with Crippen molar-refractivity contribution in [3.05, 3.63) is 42.0 Å². The van der Waals surface area contributed by atoms with E-state index in [0.717, 1.165) is 22.5 Å². The first-order valence-corrected chi connectivity index (χ1v) is 7.97. The van der Waals surface area contributed by atoms with E-state index in [1.165, 1.54) is 6.92 Å². The van der Waals surface area contributed by atoms with Crippen molar-refractivity contribution in [1.29, 1.82) is 0 Å². The topological polar surface area (TPSA) is 89.6 Å². The van der Waals surface area contributed by atoms with E-state index in [-0.39, 0.29) is 16.8 Å². The summed E-state index contributed by atoms with van der Waals surface area (Å²) in [6.07, 6.45) is 0. The third-order valence-corrected chi connectivity index (χ3v) is 4.22. The van der Waals surface area contributed by atoms with Crippen molar-refractivity contribution >= 4 is 50.9 Å². The van der Waals surface area contributed by atoms with Gasteiger partial charge in [0.25, 0.3) is 0 Å². The van der Waals surface area contributed by atoms with E-state index in [0.29, 0.717) is 10.5 Å². The first-order chi connectivity index (χ1) is 10.9. The number of fused-ring (bicyclic) bond motifs is 1. The Morgan fingerprint density at radius 3 is 2.48 bits per heavy atom. The number of aliphatic carboxylic acids is 1. The predicted octanol–water partition coefficient (Wildman–Crippen LogP) is 2.58. The third-order valence-electron chi connectivity index (χ3n) is 3.03. The number of thiocarbonyl (C=S) groups is 1. The smallest absolute Gasteiger partial charge is 0.324 e. The highest BCUT2D eigenvalue weighted by molar-refractivity contribution is 8.13. The maximum Gasteiger partial charge on any atom is 0.324 e. The summed E-state index contributed by atoms with van der Waals surface area (Å²) in [5.74, 6) is -1.16. The second kappa shape index (κ2) is 7.54. The number of carbonyl (C=O) groups is 2. The molecule has 0 unspecified atom stereocenters. The molecule has 3 N–H and O–H groups in total. The zero-order valence-corrected chi connectivity index (χ0v) is 13.9. The molecular weight excluding hydrogens is 334 g/mol. The van der Waals surface area contributed by atoms with Crippen molar-refractivity contribution < 1.29 is 19.4 Å². The zero-order chi connectivity index (χ0) is 17.0. The van der Waals surface area contributed by atoms with Gasteiger partial charge in [0.2, 0.25) is 0 Å². The maximum atomic E-state index is 11.5. The Morgan fingerprint density at radius 2 is 1.91 bits per heavy atom. The lowest BCUT2D eigenvalue weighted by molar-refractivity contribution is -0.139. The fourth-order valence-corrected chi connectivity index (χ4v) is 2.99. The monoisotopic (exact) mass is 349 g/mol. The summed E-state index contributed by atoms with van der Waals surface area (Å²) in [7, 11) is 0. The van der Waals surface area contributed by atoms with Crippen LogP contribution < -0.4 is 5.73 Å². The predicted molar refractivity (Wildman–Crippen MR) is 93.7 cm³/mol. The number of benzene rings is 2. The number of ether oxygens (including phenoxy) is 1. The van der Waals surface area contributed by atoms with Gasteiger partial charge in [0.15, 0.2) is 10.2 Å². The van der Waals surface area contributed by atoms with Gasteiger partial charge in [0, 0.05) is 17.4 Å². The van der Waals surface area contributed by atoms with Crippen molar-refractivity contribution in [2.75, 3.05) is 6.61 Å². The average molecular weight is 349 g/mol. The summed E-state index contributed by atoms with van der Waals surface area (Å²) in [6, 6.07) is 10.2. The standard InChI is InChI=1S/C16H15NO4S2/c1-9(18)23-14-7-11-5-3-2-4-10(11)6-12(14)16(22)21-8-13(17)15(19)20/h2-7,13H,8,17H2,1H3,(H,19,20)/t13-/m0/s1. The van der Waals surface area contributed by atoms with Crippen LogP contribution in [0.15, 0.2) is 41.3 Å². The van der Waals surface area contributed by atoms with Gasteiger partial charge in [-0.3, -0.25) is 9.59 Å². The lowest BCUT2D eigenvalue weighted by atomic mass is 10.1. The Bertz CT molecular complexity index is 776. The molecule has 23 heavy (non-hydrogen) atoms. The average Bonchev–Trinajstić information content (AvgIpc) is 2.50. The Kier molecular flexibility index (Phi) is 5.70. The van der Waals surface area contributed by atoms with Crippen LogP contribution in [0.5, 0.6) is 0 Å². The van der Waals surface area contributed by atoms with Crippen LogP contribution in [0.1, 0.15) is 12.5 Å². The van der Waals surface area contributed by atoms with Crippen molar-refractivity contribution in [3.8, 4) is 0 Å². The number of carboxylic acids is 1. The summed E-state index contributed by atoms with van der Waals surface area (Å²) >= 11 is 6.29. The maximum absolute atomic E-state index is 11.5. The number of carbonyl (C=O) groups excluding carboxylic acids is 1. The van der Waals surface area contributed by atoms with Crippen LogP contribution >= 0.6 is 24.0 Å². The lowest BCUT2D eigenvalue weighted by Gasteiger charge is -2.14. The van der Waals surface area contributed by atoms with E-state index in [1.54, 1.807) is 0 Å². The second-order valence-corrected chi connectivity index (χ2v) is 6.42. The molecule has 2 aromatic rings. The molecule has 2 aromatic carbocycles. The minimum Gasteiger partial charge on any atom is -0.481 e. The highest BCUT2D eigenvalue weighted by Crippen LogP contribution is 2.29. The molecular formula is C16H15NO4S2. The molecule has 0 saturated heterocycles. The normalized spacial score (nSPS) is 11.9. The number of hydrogen-bond donors (Lipinski definition) is 2. The fraction of sp³-hybridized carbons (Fsp3) is 0.188. The lowest BCUT2D eigenvalue weighted by Crippen LogP contribution is -2.35. The number of hydrogen-bond acceptors (Lipinski definition) is 6. The van der Waals surface area contributed by atoms with Gasteiger partial charge in [-0.2, -0.15) is 0 Å². The molecule has 120 valence electrons. The van der Waals surface area contributed by atoms with E-state index in [4.69, 9.17) is 27.8 Å². The molecule has 7 heteroatoms. The molecule has 2 rings (SSSR count). The highest BCUT2D eigenvalue weighted by atomic mass is 32.2. The van der Waals surface area contributed by atoms with Gasteiger partial charge in [-0.1, -0.05) is 36.0 Å². The summed E-state index contributed by atoms with van der Waals surface area (Å²) < 4.78 is 5.32. The molecule has 0 aliphatic rings. The Labute approximate surface area is 142 Å². The highest BCUT2D eigenvalue weighted by Gasteiger charge is 2.17. The first kappa shape index (κ1) is 17.4. The van der Waals surface area contributed by atoms with Gasteiger partial charge in [-0.15, -0.1) is 0 Å². The number of thioether (sulfide) groups is 1. The summed E-state index contributed by atoms with van der Waals surface area (Å²) in [4.78, 5) is 22.9. The van der Waals surface area contributed by atoms with Gasteiger partial charge < -0.3 is 15.6 Å². The van der Waals surface area contributed by atoms with E-state index in [9.17, 15) is 9.59 Å². The molecule has 0 amide bonds. The minimum atomic E-state index is -1.16. The molecule has 0 bridgehead atoms. The second-order valence-electron chi connectivity index (χ2n) is 4.83. The summed E-state index contributed by atoms with van der Waals surface area (Å²) in [5.41, 5.74) is 5.99. The van der Waals surface area contributed by atoms with Crippen LogP contribution in [0.2, 0.25) is 0 Å². The Hall–Kier alpha value is -1.96. The number of rotatable bonds is 5. The van der Waals surface area contributed by atoms with Crippen LogP contribution in [-0.4, -0.2) is 33.9 Å². The van der Waals surface area contributed by atoms with Crippen LogP contribution in [-0.2, 0) is 14.3 Å². The first-order valence-electron chi connectivity index (χ1n) is 6.75. The van der Waals surface area contributed by atoms with Crippen molar-refractivity contribution in [3.63, 3.8) is 0 Å². The van der Waals surface area contributed by atoms with E-state index < -0.39 is 12.0 Å². The molecule has 0 heterocycles. The Morgan fingerprint density at radius 1 is 1.30 bits per heavy atom. The van der Waals surface area contributed by atoms with Gasteiger partial charge in [0.05, 0.1) is 0 Å².